The zero-order valence-electron chi connectivity index (χ0n) is 11.3. The minimum atomic E-state index is -2.83. The van der Waals surface area contributed by atoms with E-state index in [1.165, 1.54) is 18.6 Å². The highest BCUT2D eigenvalue weighted by Gasteiger charge is 2.27. The predicted molar refractivity (Wildman–Crippen MR) is 72.6 cm³/mol. The SMILES string of the molecule is N[C@H](c1ccc(OC(F)F)cc1)[C@@H](O)C1CCCCC1. The molecule has 3 nitrogen and oxygen atoms in total. The number of benzene rings is 1. The molecule has 1 aromatic carbocycles. The molecule has 0 bridgehead atoms. The minimum Gasteiger partial charge on any atom is -0.435 e. The van der Waals surface area contributed by atoms with Crippen LogP contribution in [0.5, 0.6) is 5.75 Å². The number of aliphatic hydroxyl groups excluding tert-OH is 1. The number of alkyl halides is 2. The van der Waals surface area contributed by atoms with E-state index in [4.69, 9.17) is 5.73 Å². The normalized spacial score (nSPS) is 19.9. The Labute approximate surface area is 117 Å². The average molecular weight is 285 g/mol. The van der Waals surface area contributed by atoms with Gasteiger partial charge in [0.2, 0.25) is 0 Å². The van der Waals surface area contributed by atoms with Gasteiger partial charge < -0.3 is 15.6 Å². The second-order valence-corrected chi connectivity index (χ2v) is 5.36. The van der Waals surface area contributed by atoms with E-state index in [9.17, 15) is 13.9 Å². The molecule has 0 aromatic heterocycles. The molecule has 1 aliphatic rings. The summed E-state index contributed by atoms with van der Waals surface area (Å²) in [6, 6.07) is 5.69. The van der Waals surface area contributed by atoms with E-state index in [0.717, 1.165) is 31.2 Å². The zero-order valence-corrected chi connectivity index (χ0v) is 11.3. The van der Waals surface area contributed by atoms with Crippen molar-refractivity contribution in [2.24, 2.45) is 11.7 Å². The Morgan fingerprint density at radius 1 is 1.10 bits per heavy atom. The molecule has 1 saturated carbocycles. The van der Waals surface area contributed by atoms with Crippen LogP contribution in [0.1, 0.15) is 43.7 Å². The molecule has 20 heavy (non-hydrogen) atoms. The second kappa shape index (κ2) is 6.99. The maximum Gasteiger partial charge on any atom is 0.387 e. The molecule has 0 spiro atoms. The summed E-state index contributed by atoms with van der Waals surface area (Å²) < 4.78 is 28.4. The average Bonchev–Trinajstić information content (AvgIpc) is 2.47. The lowest BCUT2D eigenvalue weighted by molar-refractivity contribution is -0.0498. The van der Waals surface area contributed by atoms with Gasteiger partial charge in [-0.2, -0.15) is 8.78 Å². The molecule has 1 aromatic rings. The Hall–Kier alpha value is -1.20. The zero-order chi connectivity index (χ0) is 14.5. The van der Waals surface area contributed by atoms with Crippen LogP contribution >= 0.6 is 0 Å². The second-order valence-electron chi connectivity index (χ2n) is 5.36. The van der Waals surface area contributed by atoms with Crippen LogP contribution in [0.25, 0.3) is 0 Å². The Balaban J connectivity index is 1.98. The van der Waals surface area contributed by atoms with Crippen LogP contribution in [0, 0.1) is 5.92 Å². The molecule has 1 aliphatic carbocycles. The fourth-order valence-electron chi connectivity index (χ4n) is 2.84. The molecule has 5 heteroatoms. The summed E-state index contributed by atoms with van der Waals surface area (Å²) in [5.41, 5.74) is 6.82. The van der Waals surface area contributed by atoms with Crippen molar-refractivity contribution in [3.63, 3.8) is 0 Å². The lowest BCUT2D eigenvalue weighted by Gasteiger charge is -2.30. The molecule has 1 fully saturated rings. The highest BCUT2D eigenvalue weighted by molar-refractivity contribution is 5.29. The van der Waals surface area contributed by atoms with Crippen molar-refractivity contribution in [1.29, 1.82) is 0 Å². The first kappa shape index (κ1) is 15.2. The van der Waals surface area contributed by atoms with Crippen LogP contribution in [-0.4, -0.2) is 17.8 Å². The Morgan fingerprint density at radius 3 is 2.25 bits per heavy atom. The molecule has 112 valence electrons. The lowest BCUT2D eigenvalue weighted by atomic mass is 9.81. The Bertz CT molecular complexity index is 405. The molecule has 0 unspecified atom stereocenters. The minimum absolute atomic E-state index is 0.100. The van der Waals surface area contributed by atoms with Gasteiger partial charge in [0.15, 0.2) is 0 Å². The van der Waals surface area contributed by atoms with Gasteiger partial charge in [-0.05, 0) is 36.5 Å². The van der Waals surface area contributed by atoms with Crippen molar-refractivity contribution < 1.29 is 18.6 Å². The summed E-state index contributed by atoms with van der Waals surface area (Å²) in [5.74, 6) is 0.332. The summed E-state index contributed by atoms with van der Waals surface area (Å²) in [7, 11) is 0. The summed E-state index contributed by atoms with van der Waals surface area (Å²) >= 11 is 0. The number of hydrogen-bond acceptors (Lipinski definition) is 3. The van der Waals surface area contributed by atoms with Gasteiger partial charge in [0.05, 0.1) is 12.1 Å². The first-order valence-corrected chi connectivity index (χ1v) is 7.06. The number of aliphatic hydroxyl groups is 1. The van der Waals surface area contributed by atoms with Crippen LogP contribution in [0.4, 0.5) is 8.78 Å². The molecule has 0 radical (unpaired) electrons. The number of halogens is 2. The first-order valence-electron chi connectivity index (χ1n) is 7.06. The van der Waals surface area contributed by atoms with Crippen molar-refractivity contribution in [2.45, 2.75) is 50.9 Å². The fourth-order valence-corrected chi connectivity index (χ4v) is 2.84. The fraction of sp³-hybridized carbons (Fsp3) is 0.600. The van der Waals surface area contributed by atoms with Gasteiger partial charge in [-0.25, -0.2) is 0 Å². The maximum absolute atomic E-state index is 12.1. The molecule has 0 saturated heterocycles. The van der Waals surface area contributed by atoms with E-state index in [2.05, 4.69) is 4.74 Å². The number of rotatable bonds is 5. The molecule has 0 aliphatic heterocycles. The van der Waals surface area contributed by atoms with Crippen molar-refractivity contribution >= 4 is 0 Å². The van der Waals surface area contributed by atoms with Gasteiger partial charge in [-0.1, -0.05) is 31.4 Å². The van der Waals surface area contributed by atoms with E-state index in [1.54, 1.807) is 12.1 Å². The Morgan fingerprint density at radius 2 is 1.70 bits per heavy atom. The molecular formula is C15H21F2NO2. The van der Waals surface area contributed by atoms with Crippen molar-refractivity contribution in [3.05, 3.63) is 29.8 Å². The molecule has 0 heterocycles. The van der Waals surface area contributed by atoms with Crippen LogP contribution in [0.3, 0.4) is 0 Å². The third-order valence-corrected chi connectivity index (χ3v) is 3.99. The highest BCUT2D eigenvalue weighted by Crippen LogP contribution is 2.31. The molecular weight excluding hydrogens is 264 g/mol. The van der Waals surface area contributed by atoms with Gasteiger partial charge in [-0.3, -0.25) is 0 Å². The van der Waals surface area contributed by atoms with Crippen LogP contribution in [-0.2, 0) is 0 Å². The number of ether oxygens (including phenoxy) is 1. The standard InChI is InChI=1S/C15H21F2NO2/c16-15(17)20-12-8-6-10(7-9-12)13(18)14(19)11-4-2-1-3-5-11/h6-9,11,13-15,19H,1-5,18H2/t13-,14+/m1/s1. The lowest BCUT2D eigenvalue weighted by Crippen LogP contribution is -2.34. The van der Waals surface area contributed by atoms with E-state index in [0.29, 0.717) is 0 Å². The summed E-state index contributed by atoms with van der Waals surface area (Å²) in [6.45, 7) is -2.83. The van der Waals surface area contributed by atoms with Crippen LogP contribution < -0.4 is 10.5 Å². The van der Waals surface area contributed by atoms with Gasteiger partial charge >= 0.3 is 6.61 Å². The van der Waals surface area contributed by atoms with E-state index >= 15 is 0 Å². The maximum atomic E-state index is 12.1. The largest absolute Gasteiger partial charge is 0.435 e. The summed E-state index contributed by atoms with van der Waals surface area (Å²) in [6.07, 6.45) is 4.91. The molecule has 2 rings (SSSR count). The van der Waals surface area contributed by atoms with Gasteiger partial charge in [0.1, 0.15) is 5.75 Å². The topological polar surface area (TPSA) is 55.5 Å². The summed E-state index contributed by atoms with van der Waals surface area (Å²) in [5, 5.41) is 10.3. The molecule has 0 amide bonds. The predicted octanol–water partition coefficient (Wildman–Crippen LogP) is 3.23. The van der Waals surface area contributed by atoms with Gasteiger partial charge in [0, 0.05) is 0 Å². The van der Waals surface area contributed by atoms with Crippen LogP contribution in [0.15, 0.2) is 24.3 Å². The van der Waals surface area contributed by atoms with Gasteiger partial charge in [-0.15, -0.1) is 0 Å². The highest BCUT2D eigenvalue weighted by atomic mass is 19.3. The van der Waals surface area contributed by atoms with E-state index in [-0.39, 0.29) is 11.7 Å². The Kier molecular flexibility index (Phi) is 5.31. The summed E-state index contributed by atoms with van der Waals surface area (Å²) in [4.78, 5) is 0. The molecule has 3 N–H and O–H groups in total. The third kappa shape index (κ3) is 3.90. The smallest absolute Gasteiger partial charge is 0.387 e. The van der Waals surface area contributed by atoms with Crippen molar-refractivity contribution in [2.75, 3.05) is 0 Å². The van der Waals surface area contributed by atoms with E-state index < -0.39 is 18.8 Å². The third-order valence-electron chi connectivity index (χ3n) is 3.99. The molecule has 2 atom stereocenters. The first-order chi connectivity index (χ1) is 9.58. The van der Waals surface area contributed by atoms with Crippen molar-refractivity contribution in [1.82, 2.24) is 0 Å². The van der Waals surface area contributed by atoms with Crippen LogP contribution in [0.2, 0.25) is 0 Å². The monoisotopic (exact) mass is 285 g/mol. The number of hydrogen-bond donors (Lipinski definition) is 2. The van der Waals surface area contributed by atoms with E-state index in [1.807, 2.05) is 0 Å². The quantitative estimate of drug-likeness (QED) is 0.873. The van der Waals surface area contributed by atoms with Gasteiger partial charge in [0.25, 0.3) is 0 Å². The van der Waals surface area contributed by atoms with Crippen molar-refractivity contribution in [3.8, 4) is 5.75 Å². The number of nitrogens with two attached hydrogens (primary N) is 1.